The Labute approximate surface area is 140 Å². The quantitative estimate of drug-likeness (QED) is 0.341. The number of hydrogen-bond donors (Lipinski definition) is 2. The third-order valence-corrected chi connectivity index (χ3v) is 4.11. The van der Waals surface area contributed by atoms with Crippen LogP contribution in [0.1, 0.15) is 11.8 Å². The monoisotopic (exact) mass is 415 g/mol. The average molecular weight is 415 g/mol. The molecule has 0 fully saturated rings. The molecular formula is C14H14IN3O2S. The largest absolute Gasteiger partial charge is 0.381 e. The van der Waals surface area contributed by atoms with Crippen LogP contribution >= 0.6 is 33.9 Å². The Bertz CT molecular complexity index is 643. The number of nitrogens with one attached hydrogen (secondary N) is 1. The second kappa shape index (κ2) is 7.41. The molecule has 1 amide bonds. The molecule has 0 radical (unpaired) electrons. The van der Waals surface area contributed by atoms with Gasteiger partial charge in [0.1, 0.15) is 0 Å². The molecule has 1 atom stereocenters. The highest BCUT2D eigenvalue weighted by Crippen LogP contribution is 2.13. The summed E-state index contributed by atoms with van der Waals surface area (Å²) in [5, 5.41) is 8.45. The van der Waals surface area contributed by atoms with E-state index in [1.807, 2.05) is 41.8 Å². The van der Waals surface area contributed by atoms with Gasteiger partial charge in [-0.15, -0.1) is 11.3 Å². The smallest absolute Gasteiger partial charge is 0.267 e. The molecule has 0 spiro atoms. The zero-order valence-electron chi connectivity index (χ0n) is 11.2. The van der Waals surface area contributed by atoms with Crippen LogP contribution in [-0.2, 0) is 9.63 Å². The number of amidine groups is 1. The van der Waals surface area contributed by atoms with Gasteiger partial charge in [0.2, 0.25) is 6.10 Å². The van der Waals surface area contributed by atoms with Crippen LogP contribution in [-0.4, -0.2) is 17.8 Å². The number of rotatable bonds is 5. The van der Waals surface area contributed by atoms with E-state index in [0.717, 1.165) is 14.1 Å². The van der Waals surface area contributed by atoms with Crippen molar-refractivity contribution in [2.45, 2.75) is 13.0 Å². The van der Waals surface area contributed by atoms with Gasteiger partial charge in [0.25, 0.3) is 5.91 Å². The molecule has 1 aromatic heterocycles. The Hall–Kier alpha value is -1.61. The molecule has 1 heterocycles. The highest BCUT2D eigenvalue weighted by Gasteiger charge is 2.15. The first kappa shape index (κ1) is 15.8. The SMILES string of the molecule is CC(O/N=C(\N)c1cccs1)C(=O)Nc1cccc(I)c1. The van der Waals surface area contributed by atoms with Crippen molar-refractivity contribution in [2.75, 3.05) is 5.32 Å². The van der Waals surface area contributed by atoms with E-state index < -0.39 is 6.10 Å². The second-order valence-corrected chi connectivity index (χ2v) is 6.39. The summed E-state index contributed by atoms with van der Waals surface area (Å²) in [6, 6.07) is 11.2. The molecule has 2 rings (SSSR count). The summed E-state index contributed by atoms with van der Waals surface area (Å²) in [4.78, 5) is 17.9. The molecular weight excluding hydrogens is 401 g/mol. The summed E-state index contributed by atoms with van der Waals surface area (Å²) in [6.07, 6.45) is -0.735. The summed E-state index contributed by atoms with van der Waals surface area (Å²) < 4.78 is 1.04. The number of benzene rings is 1. The van der Waals surface area contributed by atoms with E-state index in [1.165, 1.54) is 11.3 Å². The Morgan fingerprint density at radius 1 is 1.43 bits per heavy atom. The molecule has 3 N–H and O–H groups in total. The lowest BCUT2D eigenvalue weighted by Crippen LogP contribution is -2.27. The molecule has 21 heavy (non-hydrogen) atoms. The summed E-state index contributed by atoms with van der Waals surface area (Å²) in [5.41, 5.74) is 6.48. The number of carbonyl (C=O) groups is 1. The van der Waals surface area contributed by atoms with E-state index in [2.05, 4.69) is 33.1 Å². The molecule has 0 aliphatic heterocycles. The topological polar surface area (TPSA) is 76.7 Å². The van der Waals surface area contributed by atoms with Crippen LogP contribution < -0.4 is 11.1 Å². The van der Waals surface area contributed by atoms with Crippen LogP contribution in [0.3, 0.4) is 0 Å². The highest BCUT2D eigenvalue weighted by molar-refractivity contribution is 14.1. The first-order chi connectivity index (χ1) is 10.1. The van der Waals surface area contributed by atoms with Crippen molar-refractivity contribution in [1.29, 1.82) is 0 Å². The lowest BCUT2D eigenvalue weighted by atomic mass is 10.3. The minimum Gasteiger partial charge on any atom is -0.381 e. The molecule has 1 aromatic carbocycles. The fourth-order valence-electron chi connectivity index (χ4n) is 1.46. The fraction of sp³-hybridized carbons (Fsp3) is 0.143. The number of thiophene rings is 1. The third kappa shape index (κ3) is 4.71. The van der Waals surface area contributed by atoms with Gasteiger partial charge in [-0.2, -0.15) is 0 Å². The van der Waals surface area contributed by atoms with E-state index in [9.17, 15) is 4.79 Å². The fourth-order valence-corrected chi connectivity index (χ4v) is 2.63. The van der Waals surface area contributed by atoms with Gasteiger partial charge < -0.3 is 15.9 Å². The summed E-state index contributed by atoms with van der Waals surface area (Å²) in [7, 11) is 0. The van der Waals surface area contributed by atoms with Gasteiger partial charge in [-0.3, -0.25) is 4.79 Å². The average Bonchev–Trinajstić information content (AvgIpc) is 2.98. The van der Waals surface area contributed by atoms with Crippen molar-refractivity contribution in [3.63, 3.8) is 0 Å². The van der Waals surface area contributed by atoms with Crippen LogP contribution in [0.4, 0.5) is 5.69 Å². The maximum absolute atomic E-state index is 12.0. The van der Waals surface area contributed by atoms with E-state index in [0.29, 0.717) is 0 Å². The zero-order chi connectivity index (χ0) is 15.2. The van der Waals surface area contributed by atoms with Crippen molar-refractivity contribution < 1.29 is 9.63 Å². The van der Waals surface area contributed by atoms with E-state index in [1.54, 1.807) is 6.92 Å². The Balaban J connectivity index is 1.92. The van der Waals surface area contributed by atoms with Crippen molar-refractivity contribution >= 4 is 51.4 Å². The van der Waals surface area contributed by atoms with Gasteiger partial charge in [-0.1, -0.05) is 17.3 Å². The summed E-state index contributed by atoms with van der Waals surface area (Å²) in [6.45, 7) is 1.62. The van der Waals surface area contributed by atoms with Crippen LogP contribution in [0.25, 0.3) is 0 Å². The molecule has 0 aliphatic carbocycles. The van der Waals surface area contributed by atoms with Gasteiger partial charge in [0.05, 0.1) is 4.88 Å². The number of oxime groups is 1. The van der Waals surface area contributed by atoms with E-state index >= 15 is 0 Å². The van der Waals surface area contributed by atoms with Crippen molar-refractivity contribution in [3.05, 3.63) is 50.2 Å². The molecule has 0 bridgehead atoms. The maximum atomic E-state index is 12.0. The maximum Gasteiger partial charge on any atom is 0.267 e. The van der Waals surface area contributed by atoms with E-state index in [-0.39, 0.29) is 11.7 Å². The van der Waals surface area contributed by atoms with E-state index in [4.69, 9.17) is 10.6 Å². The molecule has 7 heteroatoms. The lowest BCUT2D eigenvalue weighted by molar-refractivity contribution is -0.126. The molecule has 2 aromatic rings. The third-order valence-electron chi connectivity index (χ3n) is 2.54. The zero-order valence-corrected chi connectivity index (χ0v) is 14.2. The van der Waals surface area contributed by atoms with Crippen molar-refractivity contribution in [3.8, 4) is 0 Å². The predicted molar refractivity (Wildman–Crippen MR) is 93.4 cm³/mol. The van der Waals surface area contributed by atoms with Gasteiger partial charge >= 0.3 is 0 Å². The van der Waals surface area contributed by atoms with Crippen LogP contribution in [0.15, 0.2) is 46.9 Å². The van der Waals surface area contributed by atoms with Crippen molar-refractivity contribution in [2.24, 2.45) is 10.9 Å². The number of halogens is 1. The minimum atomic E-state index is -0.735. The standard InChI is InChI=1S/C14H14IN3O2S/c1-9(20-18-13(16)12-6-3-7-21-12)14(19)17-11-5-2-4-10(15)8-11/h2-9H,1H3,(H2,16,18)(H,17,19). The molecule has 0 saturated carbocycles. The number of carbonyl (C=O) groups excluding carboxylic acids is 1. The number of hydrogen-bond acceptors (Lipinski definition) is 4. The first-order valence-electron chi connectivity index (χ1n) is 6.16. The van der Waals surface area contributed by atoms with Crippen molar-refractivity contribution in [1.82, 2.24) is 0 Å². The lowest BCUT2D eigenvalue weighted by Gasteiger charge is -2.11. The summed E-state index contributed by atoms with van der Waals surface area (Å²) in [5.74, 6) is -0.0151. The molecule has 0 saturated heterocycles. The Morgan fingerprint density at radius 3 is 2.90 bits per heavy atom. The van der Waals surface area contributed by atoms with Crippen LogP contribution in [0.5, 0.6) is 0 Å². The Kier molecular flexibility index (Phi) is 5.57. The predicted octanol–water partition coefficient (Wildman–Crippen LogP) is 3.02. The molecule has 5 nitrogen and oxygen atoms in total. The molecule has 110 valence electrons. The molecule has 1 unspecified atom stereocenters. The second-order valence-electron chi connectivity index (χ2n) is 4.20. The van der Waals surface area contributed by atoms with Crippen LogP contribution in [0, 0.1) is 3.57 Å². The Morgan fingerprint density at radius 2 is 2.24 bits per heavy atom. The highest BCUT2D eigenvalue weighted by atomic mass is 127. The van der Waals surface area contributed by atoms with Gasteiger partial charge in [0.15, 0.2) is 5.84 Å². The van der Waals surface area contributed by atoms with Crippen LogP contribution in [0.2, 0.25) is 0 Å². The minimum absolute atomic E-state index is 0.263. The summed E-state index contributed by atoms with van der Waals surface area (Å²) >= 11 is 3.64. The number of nitrogens with zero attached hydrogens (tertiary/aromatic N) is 1. The van der Waals surface area contributed by atoms with Gasteiger partial charge in [-0.25, -0.2) is 0 Å². The molecule has 0 aliphatic rings. The number of amides is 1. The van der Waals surface area contributed by atoms with Gasteiger partial charge in [-0.05, 0) is 59.2 Å². The first-order valence-corrected chi connectivity index (χ1v) is 8.11. The normalized spacial score (nSPS) is 12.8. The van der Waals surface area contributed by atoms with Gasteiger partial charge in [0, 0.05) is 9.26 Å². The number of nitrogens with two attached hydrogens (primary N) is 1. The number of anilines is 1.